The van der Waals surface area contributed by atoms with Crippen LogP contribution >= 0.6 is 0 Å². The Hall–Kier alpha value is -15.2. The normalized spacial score (nSPS) is 12.0. The third-order valence-corrected chi connectivity index (χ3v) is 24.0. The predicted octanol–water partition coefficient (Wildman–Crippen LogP) is 29.5. The van der Waals surface area contributed by atoms with E-state index in [1.165, 1.54) is 65.3 Å². The van der Waals surface area contributed by atoms with Gasteiger partial charge in [0.25, 0.3) is 0 Å². The number of rotatable bonds is 11. The van der Waals surface area contributed by atoms with Crippen LogP contribution in [-0.4, -0.2) is 18.3 Å². The molecule has 114 heavy (non-hydrogen) atoms. The van der Waals surface area contributed by atoms with Crippen molar-refractivity contribution in [2.75, 3.05) is 0 Å². The SMILES string of the molecule is c1ccc(-c2cccc(-c3ccc(-n4c5ccccc5c5ccc(-c6cccc7c6c6cccc(-c8ccccc8-c8cccc(-c9ccc(-n%10c%11ccccc%11c%11ccc(-c%12ccc%13c%14ccccc%14n(-c%14ccccc%14)c%13c%12)cc%11%10)c%10oc%11ccccc%11c9%10)c8)c6n7-c6ccccc6)cc54)c4oc5ccccc5c34)c2)cc1. The first-order valence-corrected chi connectivity index (χ1v) is 39.1. The summed E-state index contributed by atoms with van der Waals surface area (Å²) in [6.45, 7) is 0. The first-order valence-electron chi connectivity index (χ1n) is 39.1. The average molecular weight is 1450 g/mol. The van der Waals surface area contributed by atoms with Crippen molar-refractivity contribution in [1.82, 2.24) is 18.3 Å². The minimum absolute atomic E-state index is 0.833. The molecule has 6 heterocycles. The molecule has 0 aliphatic heterocycles. The minimum atomic E-state index is 0.833. The molecule has 0 fully saturated rings. The molecule has 24 rings (SSSR count). The van der Waals surface area contributed by atoms with Crippen LogP contribution in [0.15, 0.2) is 409 Å². The van der Waals surface area contributed by atoms with Gasteiger partial charge in [-0.3, -0.25) is 0 Å². The molecule has 0 N–H and O–H groups in total. The van der Waals surface area contributed by atoms with Crippen LogP contribution in [0, 0.1) is 0 Å². The van der Waals surface area contributed by atoms with Crippen molar-refractivity contribution in [2.45, 2.75) is 0 Å². The van der Waals surface area contributed by atoms with Crippen molar-refractivity contribution >= 4 is 131 Å². The molecule has 0 saturated carbocycles. The molecule has 0 bridgehead atoms. The van der Waals surface area contributed by atoms with Gasteiger partial charge in [0.05, 0.1) is 55.5 Å². The summed E-state index contributed by atoms with van der Waals surface area (Å²) in [6, 6.07) is 147. The minimum Gasteiger partial charge on any atom is -0.454 e. The van der Waals surface area contributed by atoms with Crippen LogP contribution in [0.1, 0.15) is 0 Å². The maximum atomic E-state index is 7.23. The summed E-state index contributed by atoms with van der Waals surface area (Å²) in [6.07, 6.45) is 0. The largest absolute Gasteiger partial charge is 0.454 e. The molecule has 0 atom stereocenters. The van der Waals surface area contributed by atoms with E-state index in [1.54, 1.807) is 0 Å². The highest BCUT2D eigenvalue weighted by molar-refractivity contribution is 6.23. The first-order chi connectivity index (χ1) is 56.6. The molecule has 530 valence electrons. The molecule has 6 heteroatoms. The van der Waals surface area contributed by atoms with Gasteiger partial charge in [0.15, 0.2) is 11.2 Å². The fraction of sp³-hybridized carbons (Fsp3) is 0. The molecule has 0 saturated heterocycles. The molecule has 0 amide bonds. The van der Waals surface area contributed by atoms with Gasteiger partial charge in [0.2, 0.25) is 0 Å². The Morgan fingerprint density at radius 3 is 1.08 bits per heavy atom. The summed E-state index contributed by atoms with van der Waals surface area (Å²) in [4.78, 5) is 0. The van der Waals surface area contributed by atoms with E-state index in [-0.39, 0.29) is 0 Å². The second-order valence-corrected chi connectivity index (χ2v) is 30.1. The summed E-state index contributed by atoms with van der Waals surface area (Å²) in [5.74, 6) is 0. The molecule has 18 aromatic carbocycles. The number of aromatic nitrogens is 4. The van der Waals surface area contributed by atoms with Crippen molar-refractivity contribution in [2.24, 2.45) is 0 Å². The van der Waals surface area contributed by atoms with Gasteiger partial charge in [-0.25, -0.2) is 0 Å². The van der Waals surface area contributed by atoms with Gasteiger partial charge in [0.1, 0.15) is 11.2 Å². The lowest BCUT2D eigenvalue weighted by Gasteiger charge is -2.16. The second-order valence-electron chi connectivity index (χ2n) is 30.1. The third kappa shape index (κ3) is 9.62. The highest BCUT2D eigenvalue weighted by Crippen LogP contribution is 2.50. The Labute approximate surface area is 655 Å². The van der Waals surface area contributed by atoms with Crippen molar-refractivity contribution < 1.29 is 8.83 Å². The van der Waals surface area contributed by atoms with Gasteiger partial charge in [-0.05, 0) is 175 Å². The van der Waals surface area contributed by atoms with Gasteiger partial charge in [-0.15, -0.1) is 0 Å². The highest BCUT2D eigenvalue weighted by atomic mass is 16.3. The van der Waals surface area contributed by atoms with Crippen LogP contribution in [-0.2, 0) is 0 Å². The fourth-order valence-electron chi connectivity index (χ4n) is 19.0. The summed E-state index contributed by atoms with van der Waals surface area (Å²) in [5.41, 5.74) is 32.5. The first kappa shape index (κ1) is 63.7. The molecular weight excluding hydrogens is 1390 g/mol. The lowest BCUT2D eigenvalue weighted by Crippen LogP contribution is -1.96. The predicted molar refractivity (Wildman–Crippen MR) is 476 cm³/mol. The second kappa shape index (κ2) is 25.2. The summed E-state index contributed by atoms with van der Waals surface area (Å²) >= 11 is 0. The Bertz CT molecular complexity index is 8100. The van der Waals surface area contributed by atoms with E-state index in [2.05, 4.69) is 419 Å². The Morgan fingerprint density at radius 2 is 0.509 bits per heavy atom. The third-order valence-electron chi connectivity index (χ3n) is 24.0. The molecule has 0 spiro atoms. The molecule has 0 aliphatic carbocycles. The molecule has 6 nitrogen and oxygen atoms in total. The van der Waals surface area contributed by atoms with Gasteiger partial charge < -0.3 is 27.1 Å². The van der Waals surface area contributed by atoms with Crippen LogP contribution in [0.25, 0.3) is 232 Å². The van der Waals surface area contributed by atoms with Crippen LogP contribution in [0.4, 0.5) is 0 Å². The number of nitrogens with zero attached hydrogens (tertiary/aromatic N) is 4. The van der Waals surface area contributed by atoms with Crippen molar-refractivity contribution in [3.63, 3.8) is 0 Å². The Balaban J connectivity index is 0.648. The monoisotopic (exact) mass is 1450 g/mol. The van der Waals surface area contributed by atoms with Crippen LogP contribution in [0.5, 0.6) is 0 Å². The van der Waals surface area contributed by atoms with E-state index in [4.69, 9.17) is 8.83 Å². The number of fused-ring (bicyclic) bond motifs is 18. The highest BCUT2D eigenvalue weighted by Gasteiger charge is 2.27. The van der Waals surface area contributed by atoms with E-state index in [9.17, 15) is 0 Å². The van der Waals surface area contributed by atoms with Gasteiger partial charge >= 0.3 is 0 Å². The quantitative estimate of drug-likeness (QED) is 0.130. The summed E-state index contributed by atoms with van der Waals surface area (Å²) < 4.78 is 24.1. The number of furan rings is 2. The van der Waals surface area contributed by atoms with Crippen molar-refractivity contribution in [3.05, 3.63) is 400 Å². The van der Waals surface area contributed by atoms with E-state index in [0.717, 1.165) is 166 Å². The summed E-state index contributed by atoms with van der Waals surface area (Å²) in [5, 5.41) is 13.8. The van der Waals surface area contributed by atoms with Crippen molar-refractivity contribution in [1.29, 1.82) is 0 Å². The van der Waals surface area contributed by atoms with E-state index in [0.29, 0.717) is 0 Å². The van der Waals surface area contributed by atoms with Crippen LogP contribution in [0.3, 0.4) is 0 Å². The molecular formula is C108H66N4O2. The zero-order valence-electron chi connectivity index (χ0n) is 61.7. The van der Waals surface area contributed by atoms with Crippen LogP contribution < -0.4 is 0 Å². The van der Waals surface area contributed by atoms with Gasteiger partial charge in [-0.2, -0.15) is 0 Å². The average Bonchev–Trinajstić information content (AvgIpc) is 1.56. The molecule has 24 aromatic rings. The number of hydrogen-bond donors (Lipinski definition) is 0. The molecule has 6 aromatic heterocycles. The molecule has 0 aliphatic rings. The van der Waals surface area contributed by atoms with E-state index in [1.807, 2.05) is 0 Å². The number of benzene rings is 18. The Morgan fingerprint density at radius 1 is 0.167 bits per heavy atom. The lowest BCUT2D eigenvalue weighted by molar-refractivity contribution is 0.666. The summed E-state index contributed by atoms with van der Waals surface area (Å²) in [7, 11) is 0. The standard InChI is InChI=1S/C108H66N4O2/c1-4-26-67(27-5-1)68-28-22-30-72(62-68)79-58-60-97(108-104(79)89-41-15-20-50-101(89)114-108)112-94-48-19-14-40-84(94)87-57-54-74(66-100(87)112)78-43-25-49-95-103(78)91-45-24-44-88(106(91)110(95)76-34-8-3-9-35-76)81-37-11-10-36-77(81)71-29-23-31-73(63-71)80-59-61-96(107-105(80)90-42-16-21-51-102(90)113-107)111-93-47-18-13-39-83(93)86-56-53-70(65-99(86)111)69-52-55-85-82-38-12-17-46-92(82)109(98(85)64-69)75-32-6-2-7-33-75/h1-66H. The van der Waals surface area contributed by atoms with Crippen molar-refractivity contribution in [3.8, 4) is 101 Å². The topological polar surface area (TPSA) is 46.0 Å². The van der Waals surface area contributed by atoms with E-state index < -0.39 is 0 Å². The van der Waals surface area contributed by atoms with E-state index >= 15 is 0 Å². The van der Waals surface area contributed by atoms with Gasteiger partial charge in [0, 0.05) is 81.6 Å². The smallest absolute Gasteiger partial charge is 0.160 e. The fourth-order valence-corrected chi connectivity index (χ4v) is 19.0. The Kier molecular flexibility index (Phi) is 14.0. The maximum absolute atomic E-state index is 7.23. The number of hydrogen-bond acceptors (Lipinski definition) is 2. The zero-order chi connectivity index (χ0) is 74.6. The molecule has 0 radical (unpaired) electrons. The molecule has 0 unspecified atom stereocenters. The lowest BCUT2D eigenvalue weighted by atomic mass is 9.90. The zero-order valence-corrected chi connectivity index (χ0v) is 61.7. The van der Waals surface area contributed by atoms with Gasteiger partial charge in [-0.1, -0.05) is 297 Å². The maximum Gasteiger partial charge on any atom is 0.160 e. The van der Waals surface area contributed by atoms with Crippen LogP contribution in [0.2, 0.25) is 0 Å². The number of para-hydroxylation sites is 8.